The molecule has 0 aliphatic rings. The summed E-state index contributed by atoms with van der Waals surface area (Å²) in [5, 5.41) is 0. The number of anilines is 1. The zero-order valence-electron chi connectivity index (χ0n) is 14.4. The zero-order chi connectivity index (χ0) is 18.4. The fraction of sp³-hybridized carbons (Fsp3) is 0.235. The zero-order valence-corrected chi connectivity index (χ0v) is 14.4. The van der Waals surface area contributed by atoms with Crippen LogP contribution in [0, 0.1) is 0 Å². The molecular weight excluding hydrogens is 336 g/mol. The van der Waals surface area contributed by atoms with E-state index >= 15 is 0 Å². The van der Waals surface area contributed by atoms with Crippen molar-refractivity contribution in [3.8, 4) is 0 Å². The van der Waals surface area contributed by atoms with E-state index in [-0.39, 0.29) is 5.91 Å². The first-order valence-corrected chi connectivity index (χ1v) is 7.82. The van der Waals surface area contributed by atoms with Gasteiger partial charge >= 0.3 is 0 Å². The van der Waals surface area contributed by atoms with Crippen LogP contribution in [0.1, 0.15) is 17.0 Å². The van der Waals surface area contributed by atoms with Crippen molar-refractivity contribution < 1.29 is 13.6 Å². The van der Waals surface area contributed by atoms with Crippen LogP contribution in [-0.2, 0) is 17.9 Å². The number of nitrogens with zero attached hydrogens (tertiary/aromatic N) is 6. The van der Waals surface area contributed by atoms with E-state index in [1.807, 2.05) is 14.1 Å². The van der Waals surface area contributed by atoms with Gasteiger partial charge in [0.2, 0.25) is 11.9 Å². The van der Waals surface area contributed by atoms with Crippen LogP contribution in [-0.4, -0.2) is 44.8 Å². The molecule has 3 aromatic heterocycles. The van der Waals surface area contributed by atoms with Crippen LogP contribution >= 0.6 is 0 Å². The van der Waals surface area contributed by atoms with Crippen LogP contribution < -0.4 is 4.90 Å². The van der Waals surface area contributed by atoms with Crippen LogP contribution in [0.15, 0.2) is 52.6 Å². The Morgan fingerprint density at radius 1 is 1.00 bits per heavy atom. The van der Waals surface area contributed by atoms with Crippen LogP contribution in [0.2, 0.25) is 0 Å². The molecule has 134 valence electrons. The molecule has 0 atom stereocenters. The number of oxazole rings is 2. The van der Waals surface area contributed by atoms with E-state index in [1.165, 1.54) is 31.4 Å². The predicted octanol–water partition coefficient (Wildman–Crippen LogP) is 1.76. The standard InChI is InChI=1S/C17H18N6O3/c1-22(2)17-18-5-13(6-19-17)3-4-16(24)23(7-14-9-25-11-20-14)8-15-10-26-12-21-15/h3-6,9-12H,7-8H2,1-2H3. The molecule has 9 heteroatoms. The van der Waals surface area contributed by atoms with Gasteiger partial charge in [0.15, 0.2) is 12.8 Å². The molecule has 0 bridgehead atoms. The van der Waals surface area contributed by atoms with Gasteiger partial charge in [-0.15, -0.1) is 0 Å². The van der Waals surface area contributed by atoms with Crippen molar-refractivity contribution in [1.29, 1.82) is 0 Å². The quantitative estimate of drug-likeness (QED) is 0.592. The van der Waals surface area contributed by atoms with Gasteiger partial charge in [-0.25, -0.2) is 19.9 Å². The summed E-state index contributed by atoms with van der Waals surface area (Å²) in [6.07, 6.45) is 12.1. The molecule has 0 unspecified atom stereocenters. The fourth-order valence-electron chi connectivity index (χ4n) is 2.16. The van der Waals surface area contributed by atoms with Crippen molar-refractivity contribution in [2.75, 3.05) is 19.0 Å². The highest BCUT2D eigenvalue weighted by Crippen LogP contribution is 2.10. The van der Waals surface area contributed by atoms with Gasteiger partial charge in [0.05, 0.1) is 24.5 Å². The highest BCUT2D eigenvalue weighted by atomic mass is 16.3. The Kier molecular flexibility index (Phi) is 5.37. The minimum Gasteiger partial charge on any atom is -0.451 e. The predicted molar refractivity (Wildman–Crippen MR) is 92.7 cm³/mol. The summed E-state index contributed by atoms with van der Waals surface area (Å²) in [6.45, 7) is 0.588. The first kappa shape index (κ1) is 17.3. The maximum Gasteiger partial charge on any atom is 0.247 e. The third-order valence-corrected chi connectivity index (χ3v) is 3.46. The number of hydrogen-bond acceptors (Lipinski definition) is 8. The molecule has 3 aromatic rings. The van der Waals surface area contributed by atoms with E-state index in [4.69, 9.17) is 8.83 Å². The van der Waals surface area contributed by atoms with Crippen molar-refractivity contribution >= 4 is 17.9 Å². The number of carbonyl (C=O) groups excluding carboxylic acids is 1. The van der Waals surface area contributed by atoms with Crippen molar-refractivity contribution in [1.82, 2.24) is 24.8 Å². The molecular formula is C17H18N6O3. The molecule has 1 amide bonds. The van der Waals surface area contributed by atoms with E-state index in [0.717, 1.165) is 5.56 Å². The molecule has 0 N–H and O–H groups in total. The Morgan fingerprint density at radius 3 is 2.04 bits per heavy atom. The molecule has 9 nitrogen and oxygen atoms in total. The largest absolute Gasteiger partial charge is 0.451 e. The van der Waals surface area contributed by atoms with E-state index in [0.29, 0.717) is 30.4 Å². The lowest BCUT2D eigenvalue weighted by Crippen LogP contribution is -2.28. The number of aromatic nitrogens is 4. The van der Waals surface area contributed by atoms with Crippen molar-refractivity contribution in [3.63, 3.8) is 0 Å². The first-order valence-electron chi connectivity index (χ1n) is 7.82. The molecule has 0 saturated carbocycles. The van der Waals surface area contributed by atoms with Gasteiger partial charge in [0, 0.05) is 38.1 Å². The second kappa shape index (κ2) is 8.06. The summed E-state index contributed by atoms with van der Waals surface area (Å²) in [5.41, 5.74) is 2.02. The maximum atomic E-state index is 12.6. The average Bonchev–Trinajstić information content (AvgIpc) is 3.33. The lowest BCUT2D eigenvalue weighted by molar-refractivity contribution is -0.127. The van der Waals surface area contributed by atoms with Crippen LogP contribution in [0.3, 0.4) is 0 Å². The first-order chi connectivity index (χ1) is 12.6. The Balaban J connectivity index is 1.71. The second-order valence-electron chi connectivity index (χ2n) is 5.70. The molecule has 0 aliphatic carbocycles. The SMILES string of the molecule is CN(C)c1ncc(C=CC(=O)N(Cc2cocn2)Cc2cocn2)cn1. The highest BCUT2D eigenvalue weighted by Gasteiger charge is 2.15. The van der Waals surface area contributed by atoms with Crippen LogP contribution in [0.25, 0.3) is 6.08 Å². The molecule has 0 aliphatic heterocycles. The van der Waals surface area contributed by atoms with Crippen LogP contribution in [0.5, 0.6) is 0 Å². The highest BCUT2D eigenvalue weighted by molar-refractivity contribution is 5.91. The van der Waals surface area contributed by atoms with E-state index < -0.39 is 0 Å². The summed E-state index contributed by atoms with van der Waals surface area (Å²) in [4.78, 5) is 32.6. The van der Waals surface area contributed by atoms with Gasteiger partial charge in [0.1, 0.15) is 12.5 Å². The Morgan fingerprint density at radius 2 is 1.58 bits per heavy atom. The Labute approximate surface area is 150 Å². The average molecular weight is 354 g/mol. The molecule has 3 heterocycles. The Bertz CT molecular complexity index is 805. The van der Waals surface area contributed by atoms with Crippen molar-refractivity contribution in [3.05, 3.63) is 60.7 Å². The molecule has 0 saturated heterocycles. The second-order valence-corrected chi connectivity index (χ2v) is 5.70. The van der Waals surface area contributed by atoms with E-state index in [2.05, 4.69) is 19.9 Å². The normalized spacial score (nSPS) is 11.0. The summed E-state index contributed by atoms with van der Waals surface area (Å²) in [6, 6.07) is 0. The van der Waals surface area contributed by atoms with Gasteiger partial charge < -0.3 is 18.6 Å². The minimum atomic E-state index is -0.201. The molecule has 0 spiro atoms. The van der Waals surface area contributed by atoms with Crippen molar-refractivity contribution in [2.24, 2.45) is 0 Å². The van der Waals surface area contributed by atoms with Gasteiger partial charge in [-0.1, -0.05) is 0 Å². The van der Waals surface area contributed by atoms with Crippen molar-refractivity contribution in [2.45, 2.75) is 13.1 Å². The number of amides is 1. The number of rotatable bonds is 7. The van der Waals surface area contributed by atoms with Gasteiger partial charge in [0.25, 0.3) is 0 Å². The van der Waals surface area contributed by atoms with E-state index in [1.54, 1.807) is 28.3 Å². The monoisotopic (exact) mass is 354 g/mol. The number of hydrogen-bond donors (Lipinski definition) is 0. The topological polar surface area (TPSA) is 101 Å². The Hall–Kier alpha value is -3.49. The minimum absolute atomic E-state index is 0.201. The lowest BCUT2D eigenvalue weighted by Gasteiger charge is -2.18. The lowest BCUT2D eigenvalue weighted by atomic mass is 10.3. The fourth-order valence-corrected chi connectivity index (χ4v) is 2.16. The van der Waals surface area contributed by atoms with Crippen LogP contribution in [0.4, 0.5) is 5.95 Å². The summed E-state index contributed by atoms with van der Waals surface area (Å²) in [7, 11) is 3.72. The third kappa shape index (κ3) is 4.53. The van der Waals surface area contributed by atoms with Gasteiger partial charge in [-0.2, -0.15) is 0 Å². The molecule has 3 rings (SSSR count). The number of carbonyl (C=O) groups is 1. The summed E-state index contributed by atoms with van der Waals surface area (Å²) < 4.78 is 9.94. The third-order valence-electron chi connectivity index (χ3n) is 3.46. The molecule has 0 aromatic carbocycles. The summed E-state index contributed by atoms with van der Waals surface area (Å²) >= 11 is 0. The summed E-state index contributed by atoms with van der Waals surface area (Å²) in [5.74, 6) is 0.403. The molecule has 26 heavy (non-hydrogen) atoms. The van der Waals surface area contributed by atoms with Gasteiger partial charge in [-0.3, -0.25) is 4.79 Å². The maximum absolute atomic E-state index is 12.6. The smallest absolute Gasteiger partial charge is 0.247 e. The molecule has 0 fully saturated rings. The van der Waals surface area contributed by atoms with E-state index in [9.17, 15) is 4.79 Å². The molecule has 0 radical (unpaired) electrons. The van der Waals surface area contributed by atoms with Gasteiger partial charge in [-0.05, 0) is 6.08 Å².